The Morgan fingerprint density at radius 2 is 0.683 bits per heavy atom. The summed E-state index contributed by atoms with van der Waals surface area (Å²) in [5, 5.41) is 7.12. The molecule has 294 valence electrons. The molecule has 0 fully saturated rings. The van der Waals surface area contributed by atoms with E-state index in [1.54, 1.807) is 0 Å². The summed E-state index contributed by atoms with van der Waals surface area (Å²) in [5.74, 6) is 0. The normalized spacial score (nSPS) is 11.8. The number of hydrogen-bond donors (Lipinski definition) is 0. The molecule has 3 heterocycles. The summed E-state index contributed by atoms with van der Waals surface area (Å²) in [6.45, 7) is 0. The summed E-state index contributed by atoms with van der Waals surface area (Å²) in [7, 11) is 0. The van der Waals surface area contributed by atoms with Crippen molar-refractivity contribution in [2.45, 2.75) is 0 Å². The predicted octanol–water partition coefficient (Wildman–Crippen LogP) is 16.4. The van der Waals surface area contributed by atoms with E-state index in [1.807, 2.05) is 0 Å². The van der Waals surface area contributed by atoms with Crippen LogP contribution in [0.5, 0.6) is 0 Å². The van der Waals surface area contributed by atoms with Crippen LogP contribution in [0.2, 0.25) is 0 Å². The van der Waals surface area contributed by atoms with Gasteiger partial charge in [0.15, 0.2) is 0 Å². The first kappa shape index (κ1) is 35.4. The van der Waals surface area contributed by atoms with E-state index in [4.69, 9.17) is 4.42 Å². The van der Waals surface area contributed by atoms with Crippen molar-refractivity contribution in [2.75, 3.05) is 0 Å². The molecule has 13 rings (SSSR count). The molecule has 0 atom stereocenters. The van der Waals surface area contributed by atoms with Gasteiger partial charge in [-0.3, -0.25) is 0 Å². The molecule has 0 spiro atoms. The van der Waals surface area contributed by atoms with Crippen LogP contribution in [0.4, 0.5) is 0 Å². The van der Waals surface area contributed by atoms with Gasteiger partial charge < -0.3 is 13.6 Å². The molecule has 0 radical (unpaired) electrons. The molecule has 0 amide bonds. The van der Waals surface area contributed by atoms with Crippen LogP contribution in [0.3, 0.4) is 0 Å². The van der Waals surface area contributed by atoms with E-state index in [2.05, 4.69) is 240 Å². The van der Waals surface area contributed by atoms with E-state index in [0.29, 0.717) is 0 Å². The van der Waals surface area contributed by atoms with E-state index in [0.717, 1.165) is 61.0 Å². The quantitative estimate of drug-likeness (QED) is 0.164. The van der Waals surface area contributed by atoms with Gasteiger partial charge in [0.05, 0.1) is 22.1 Å². The van der Waals surface area contributed by atoms with Crippen molar-refractivity contribution in [3.8, 4) is 55.9 Å². The number of hydrogen-bond acceptors (Lipinski definition) is 1. The molecule has 3 aromatic heterocycles. The Kier molecular flexibility index (Phi) is 7.91. The Labute approximate surface area is 363 Å². The molecule has 3 nitrogen and oxygen atoms in total. The Balaban J connectivity index is 1.01. The van der Waals surface area contributed by atoms with E-state index in [-0.39, 0.29) is 0 Å². The smallest absolute Gasteiger partial charge is 0.143 e. The summed E-state index contributed by atoms with van der Waals surface area (Å²) >= 11 is 0. The standard InChI is InChI=1S/C60H38N2O/c1-4-14-39(15-5-1)41-24-26-42(27-25-41)50-37-47(38-54-53-36-43(40-16-6-2-7-17-40)30-33-59(53)63-60(50)54)62-56-23-13-11-21-49(56)52-35-45(29-32-58(52)62)44-28-31-57-51(34-44)48-20-10-12-22-55(48)61(57)46-18-8-3-9-19-46/h1-38H. The lowest BCUT2D eigenvalue weighted by Gasteiger charge is -2.13. The van der Waals surface area contributed by atoms with Crippen molar-refractivity contribution >= 4 is 65.6 Å². The Morgan fingerprint density at radius 1 is 0.254 bits per heavy atom. The summed E-state index contributed by atoms with van der Waals surface area (Å²) in [5.41, 5.74) is 18.0. The van der Waals surface area contributed by atoms with Gasteiger partial charge in [-0.25, -0.2) is 0 Å². The van der Waals surface area contributed by atoms with Gasteiger partial charge >= 0.3 is 0 Å². The molecule has 13 aromatic rings. The number of nitrogens with zero attached hydrogens (tertiary/aromatic N) is 2. The van der Waals surface area contributed by atoms with Crippen molar-refractivity contribution in [1.29, 1.82) is 0 Å². The zero-order valence-electron chi connectivity index (χ0n) is 34.2. The first-order valence-corrected chi connectivity index (χ1v) is 21.6. The summed E-state index contributed by atoms with van der Waals surface area (Å²) in [6.07, 6.45) is 0. The SMILES string of the molecule is c1ccc(-c2ccc(-c3cc(-n4c5ccccc5c5cc(-c6ccc7c(c6)c6ccccc6n7-c6ccccc6)ccc54)cc4c3oc3ccc(-c5ccccc5)cc34)cc2)cc1. The largest absolute Gasteiger partial charge is 0.455 e. The number of rotatable bonds is 6. The van der Waals surface area contributed by atoms with Gasteiger partial charge in [-0.1, -0.05) is 158 Å². The number of fused-ring (bicyclic) bond motifs is 9. The number of aromatic nitrogens is 2. The van der Waals surface area contributed by atoms with Crippen molar-refractivity contribution in [3.63, 3.8) is 0 Å². The minimum atomic E-state index is 0.875. The second-order valence-electron chi connectivity index (χ2n) is 16.5. The maximum absolute atomic E-state index is 6.83. The van der Waals surface area contributed by atoms with Crippen molar-refractivity contribution in [3.05, 3.63) is 231 Å². The topological polar surface area (TPSA) is 23.0 Å². The lowest BCUT2D eigenvalue weighted by Crippen LogP contribution is -1.95. The second-order valence-corrected chi connectivity index (χ2v) is 16.5. The van der Waals surface area contributed by atoms with Crippen LogP contribution >= 0.6 is 0 Å². The fourth-order valence-electron chi connectivity index (χ4n) is 9.93. The van der Waals surface area contributed by atoms with Crippen molar-refractivity contribution < 1.29 is 4.42 Å². The highest BCUT2D eigenvalue weighted by Crippen LogP contribution is 2.43. The zero-order chi connectivity index (χ0) is 41.4. The fraction of sp³-hybridized carbons (Fsp3) is 0. The molecule has 63 heavy (non-hydrogen) atoms. The minimum absolute atomic E-state index is 0.875. The Bertz CT molecular complexity index is 3870. The number of furan rings is 1. The summed E-state index contributed by atoms with van der Waals surface area (Å²) in [6, 6.07) is 83.4. The van der Waals surface area contributed by atoms with Crippen LogP contribution in [-0.2, 0) is 0 Å². The van der Waals surface area contributed by atoms with Gasteiger partial charge in [0.2, 0.25) is 0 Å². The molecule has 0 bridgehead atoms. The van der Waals surface area contributed by atoms with E-state index >= 15 is 0 Å². The maximum atomic E-state index is 6.83. The van der Waals surface area contributed by atoms with E-state index < -0.39 is 0 Å². The molecule has 0 aliphatic carbocycles. The lowest BCUT2D eigenvalue weighted by atomic mass is 9.97. The van der Waals surface area contributed by atoms with Gasteiger partial charge in [-0.05, 0) is 112 Å². The zero-order valence-corrected chi connectivity index (χ0v) is 34.2. The van der Waals surface area contributed by atoms with Crippen LogP contribution in [0.1, 0.15) is 0 Å². The Morgan fingerprint density at radius 3 is 1.30 bits per heavy atom. The fourth-order valence-corrected chi connectivity index (χ4v) is 9.93. The average molecular weight is 803 g/mol. The highest BCUT2D eigenvalue weighted by molar-refractivity contribution is 6.15. The van der Waals surface area contributed by atoms with Crippen molar-refractivity contribution in [2.24, 2.45) is 0 Å². The number of benzene rings is 10. The van der Waals surface area contributed by atoms with Crippen LogP contribution in [0, 0.1) is 0 Å². The molecule has 0 aliphatic heterocycles. The third-order valence-electron chi connectivity index (χ3n) is 12.9. The predicted molar refractivity (Wildman–Crippen MR) is 264 cm³/mol. The monoisotopic (exact) mass is 802 g/mol. The summed E-state index contributed by atoms with van der Waals surface area (Å²) < 4.78 is 11.6. The second kappa shape index (κ2) is 14.1. The van der Waals surface area contributed by atoms with Gasteiger partial charge in [0.25, 0.3) is 0 Å². The maximum Gasteiger partial charge on any atom is 0.143 e. The minimum Gasteiger partial charge on any atom is -0.455 e. The molecule has 0 unspecified atom stereocenters. The van der Waals surface area contributed by atoms with E-state index in [9.17, 15) is 0 Å². The third-order valence-corrected chi connectivity index (χ3v) is 12.9. The molecule has 0 N–H and O–H groups in total. The van der Waals surface area contributed by atoms with Gasteiger partial charge in [0.1, 0.15) is 11.2 Å². The number of para-hydroxylation sites is 3. The van der Waals surface area contributed by atoms with Crippen LogP contribution in [0.25, 0.3) is 121 Å². The van der Waals surface area contributed by atoms with Crippen LogP contribution in [-0.4, -0.2) is 9.13 Å². The molecule has 0 saturated heterocycles. The first-order chi connectivity index (χ1) is 31.2. The van der Waals surface area contributed by atoms with Crippen LogP contribution in [0.15, 0.2) is 235 Å². The average Bonchev–Trinajstić information content (AvgIpc) is 4.01. The van der Waals surface area contributed by atoms with Gasteiger partial charge in [0, 0.05) is 49.3 Å². The third kappa shape index (κ3) is 5.67. The molecular weight excluding hydrogens is 765 g/mol. The molecule has 3 heteroatoms. The van der Waals surface area contributed by atoms with Crippen LogP contribution < -0.4 is 0 Å². The van der Waals surface area contributed by atoms with Gasteiger partial charge in [-0.15, -0.1) is 0 Å². The molecule has 10 aromatic carbocycles. The molecule has 0 aliphatic rings. The van der Waals surface area contributed by atoms with Gasteiger partial charge in [-0.2, -0.15) is 0 Å². The molecule has 0 saturated carbocycles. The lowest BCUT2D eigenvalue weighted by molar-refractivity contribution is 0.670. The van der Waals surface area contributed by atoms with Crippen molar-refractivity contribution in [1.82, 2.24) is 9.13 Å². The summed E-state index contributed by atoms with van der Waals surface area (Å²) in [4.78, 5) is 0. The van der Waals surface area contributed by atoms with E-state index in [1.165, 1.54) is 60.4 Å². The highest BCUT2D eigenvalue weighted by atomic mass is 16.3. The Hall–Kier alpha value is -8.40. The molecular formula is C60H38N2O. The first-order valence-electron chi connectivity index (χ1n) is 21.6. The highest BCUT2D eigenvalue weighted by Gasteiger charge is 2.20.